The van der Waals surface area contributed by atoms with Gasteiger partial charge in [0.2, 0.25) is 0 Å². The Morgan fingerprint density at radius 1 is 1.47 bits per heavy atom. The van der Waals surface area contributed by atoms with Crippen molar-refractivity contribution in [1.82, 2.24) is 5.06 Å². The summed E-state index contributed by atoms with van der Waals surface area (Å²) in [5.41, 5.74) is -0.549. The van der Waals surface area contributed by atoms with E-state index in [2.05, 4.69) is 5.32 Å². The van der Waals surface area contributed by atoms with E-state index in [0.29, 0.717) is 0 Å². The van der Waals surface area contributed by atoms with Crippen LogP contribution in [0, 0.1) is 0 Å². The first-order chi connectivity index (χ1) is 8.86. The van der Waals surface area contributed by atoms with Gasteiger partial charge in [0.05, 0.1) is 18.2 Å². The molecule has 19 heavy (non-hydrogen) atoms. The molecule has 1 heterocycles. The number of aliphatic hydroxyl groups is 1. The fourth-order valence-electron chi connectivity index (χ4n) is 1.57. The number of benzene rings is 1. The third-order valence-corrected chi connectivity index (χ3v) is 2.77. The fourth-order valence-corrected chi connectivity index (χ4v) is 1.82. The SMILES string of the molecule is O[C@@H]1CON(C(=S)Nc2cccc(C(F)(F)F)c2)C1. The van der Waals surface area contributed by atoms with Gasteiger partial charge in [-0.2, -0.15) is 13.2 Å². The summed E-state index contributed by atoms with van der Waals surface area (Å²) in [6.45, 7) is 0.301. The van der Waals surface area contributed by atoms with Gasteiger partial charge in [0, 0.05) is 5.69 Å². The molecule has 1 fully saturated rings. The lowest BCUT2D eigenvalue weighted by atomic mass is 10.2. The third kappa shape index (κ3) is 3.55. The van der Waals surface area contributed by atoms with Gasteiger partial charge in [0.1, 0.15) is 6.61 Å². The number of β-amino-alcohol motifs (C(OH)–C–C–N with tert-alkyl or cyclic N) is 1. The van der Waals surface area contributed by atoms with Crippen LogP contribution in [0.25, 0.3) is 0 Å². The van der Waals surface area contributed by atoms with Gasteiger partial charge in [-0.3, -0.25) is 4.84 Å². The molecule has 104 valence electrons. The lowest BCUT2D eigenvalue weighted by molar-refractivity contribution is -0.137. The summed E-state index contributed by atoms with van der Waals surface area (Å²) < 4.78 is 37.6. The molecule has 4 nitrogen and oxygen atoms in total. The number of anilines is 1. The molecule has 1 aromatic rings. The topological polar surface area (TPSA) is 44.7 Å². The number of thiocarbonyl (C=S) groups is 1. The number of nitrogens with one attached hydrogen (secondary N) is 1. The van der Waals surface area contributed by atoms with Crippen molar-refractivity contribution in [3.63, 3.8) is 0 Å². The van der Waals surface area contributed by atoms with Gasteiger partial charge in [-0.15, -0.1) is 0 Å². The fraction of sp³-hybridized carbons (Fsp3) is 0.364. The summed E-state index contributed by atoms with van der Waals surface area (Å²) in [6, 6.07) is 4.69. The summed E-state index contributed by atoms with van der Waals surface area (Å²) in [6.07, 6.45) is -5.05. The lowest BCUT2D eigenvalue weighted by Crippen LogP contribution is -2.32. The van der Waals surface area contributed by atoms with Crippen molar-refractivity contribution in [2.45, 2.75) is 12.3 Å². The number of hydroxylamine groups is 2. The Balaban J connectivity index is 2.05. The van der Waals surface area contributed by atoms with Crippen LogP contribution in [0.15, 0.2) is 24.3 Å². The van der Waals surface area contributed by atoms with Gasteiger partial charge in [0.15, 0.2) is 5.11 Å². The number of halogens is 3. The maximum absolute atomic E-state index is 12.5. The molecule has 0 aliphatic carbocycles. The van der Waals surface area contributed by atoms with Crippen LogP contribution in [0.5, 0.6) is 0 Å². The predicted octanol–water partition coefficient (Wildman–Crippen LogP) is 2.01. The van der Waals surface area contributed by atoms with Crippen LogP contribution >= 0.6 is 12.2 Å². The molecule has 0 unspecified atom stereocenters. The molecular weight excluding hydrogens is 281 g/mol. The highest BCUT2D eigenvalue weighted by molar-refractivity contribution is 7.80. The Kier molecular flexibility index (Phi) is 3.93. The van der Waals surface area contributed by atoms with Crippen LogP contribution in [0.4, 0.5) is 18.9 Å². The van der Waals surface area contributed by atoms with Gasteiger partial charge in [-0.05, 0) is 30.4 Å². The standard InChI is InChI=1S/C11H11F3N2O2S/c12-11(13,14)7-2-1-3-8(4-7)15-10(19)16-5-9(17)6-18-16/h1-4,9,17H,5-6H2,(H,15,19)/t9-/m0/s1. The van der Waals surface area contributed by atoms with E-state index in [-0.39, 0.29) is 24.0 Å². The molecule has 1 aliphatic heterocycles. The highest BCUT2D eigenvalue weighted by Gasteiger charge is 2.30. The van der Waals surface area contributed by atoms with Crippen LogP contribution in [0.2, 0.25) is 0 Å². The predicted molar refractivity (Wildman–Crippen MR) is 66.3 cm³/mol. The molecular formula is C11H11F3N2O2S. The van der Waals surface area contributed by atoms with E-state index in [0.717, 1.165) is 12.1 Å². The molecule has 0 saturated carbocycles. The average Bonchev–Trinajstić information content (AvgIpc) is 2.75. The first kappa shape index (κ1) is 14.0. The molecule has 1 saturated heterocycles. The maximum Gasteiger partial charge on any atom is 0.416 e. The number of rotatable bonds is 1. The maximum atomic E-state index is 12.5. The smallest absolute Gasteiger partial charge is 0.389 e. The van der Waals surface area contributed by atoms with E-state index in [1.54, 1.807) is 0 Å². The van der Waals surface area contributed by atoms with Crippen molar-refractivity contribution >= 4 is 23.0 Å². The molecule has 2 N–H and O–H groups in total. The Bertz CT molecular complexity index is 481. The summed E-state index contributed by atoms with van der Waals surface area (Å²) in [5, 5.41) is 13.2. The Hall–Kier alpha value is -1.38. The van der Waals surface area contributed by atoms with Crippen LogP contribution < -0.4 is 5.32 Å². The minimum absolute atomic E-state index is 0.107. The number of nitrogens with zero attached hydrogens (tertiary/aromatic N) is 1. The molecule has 0 aromatic heterocycles. The monoisotopic (exact) mass is 292 g/mol. The second-order valence-electron chi connectivity index (χ2n) is 4.02. The van der Waals surface area contributed by atoms with Crippen molar-refractivity contribution in [3.8, 4) is 0 Å². The molecule has 0 amide bonds. The minimum atomic E-state index is -4.40. The van der Waals surface area contributed by atoms with E-state index in [1.807, 2.05) is 0 Å². The zero-order valence-corrected chi connectivity index (χ0v) is 10.5. The number of alkyl halides is 3. The molecule has 0 spiro atoms. The van der Waals surface area contributed by atoms with Crippen molar-refractivity contribution in [2.24, 2.45) is 0 Å². The normalized spacial score (nSPS) is 19.6. The largest absolute Gasteiger partial charge is 0.416 e. The van der Waals surface area contributed by atoms with Crippen LogP contribution in [-0.4, -0.2) is 34.5 Å². The van der Waals surface area contributed by atoms with Crippen molar-refractivity contribution < 1.29 is 23.1 Å². The number of aliphatic hydroxyl groups excluding tert-OH is 1. The Morgan fingerprint density at radius 3 is 2.79 bits per heavy atom. The molecule has 1 aliphatic rings. The van der Waals surface area contributed by atoms with Gasteiger partial charge in [0.25, 0.3) is 0 Å². The summed E-state index contributed by atoms with van der Waals surface area (Å²) in [5.74, 6) is 0. The lowest BCUT2D eigenvalue weighted by Gasteiger charge is -2.18. The second kappa shape index (κ2) is 5.32. The van der Waals surface area contributed by atoms with E-state index >= 15 is 0 Å². The van der Waals surface area contributed by atoms with Crippen molar-refractivity contribution in [1.29, 1.82) is 0 Å². The second-order valence-corrected chi connectivity index (χ2v) is 4.41. The first-order valence-electron chi connectivity index (χ1n) is 5.43. The molecule has 0 radical (unpaired) electrons. The summed E-state index contributed by atoms with van der Waals surface area (Å²) >= 11 is 4.98. The summed E-state index contributed by atoms with van der Waals surface area (Å²) in [4.78, 5) is 5.05. The minimum Gasteiger partial charge on any atom is -0.389 e. The Labute approximate surface area is 112 Å². The van der Waals surface area contributed by atoms with E-state index < -0.39 is 17.8 Å². The highest BCUT2D eigenvalue weighted by Crippen LogP contribution is 2.30. The average molecular weight is 292 g/mol. The van der Waals surface area contributed by atoms with Gasteiger partial charge < -0.3 is 10.4 Å². The van der Waals surface area contributed by atoms with Crippen molar-refractivity contribution in [3.05, 3.63) is 29.8 Å². The van der Waals surface area contributed by atoms with E-state index in [9.17, 15) is 18.3 Å². The number of hydrogen-bond donors (Lipinski definition) is 2. The zero-order chi connectivity index (χ0) is 14.0. The zero-order valence-electron chi connectivity index (χ0n) is 9.65. The van der Waals surface area contributed by atoms with Crippen LogP contribution in [-0.2, 0) is 11.0 Å². The Morgan fingerprint density at radius 2 is 2.21 bits per heavy atom. The quantitative estimate of drug-likeness (QED) is 0.775. The first-order valence-corrected chi connectivity index (χ1v) is 5.84. The van der Waals surface area contributed by atoms with Gasteiger partial charge in [-0.1, -0.05) is 6.07 Å². The molecule has 0 bridgehead atoms. The number of hydrogen-bond acceptors (Lipinski definition) is 3. The van der Waals surface area contributed by atoms with Crippen molar-refractivity contribution in [2.75, 3.05) is 18.5 Å². The molecule has 8 heteroatoms. The van der Waals surface area contributed by atoms with Gasteiger partial charge >= 0.3 is 6.18 Å². The third-order valence-electron chi connectivity index (χ3n) is 2.47. The van der Waals surface area contributed by atoms with Crippen LogP contribution in [0.1, 0.15) is 5.56 Å². The molecule has 1 aromatic carbocycles. The molecule has 2 rings (SSSR count). The van der Waals surface area contributed by atoms with Gasteiger partial charge in [-0.25, -0.2) is 5.06 Å². The summed E-state index contributed by atoms with van der Waals surface area (Å²) in [7, 11) is 0. The van der Waals surface area contributed by atoms with E-state index in [4.69, 9.17) is 17.1 Å². The van der Waals surface area contributed by atoms with E-state index in [1.165, 1.54) is 17.2 Å². The molecule has 1 atom stereocenters. The van der Waals surface area contributed by atoms with Crippen LogP contribution in [0.3, 0.4) is 0 Å². The highest BCUT2D eigenvalue weighted by atomic mass is 32.1.